The van der Waals surface area contributed by atoms with Crippen molar-refractivity contribution in [2.75, 3.05) is 18.1 Å². The van der Waals surface area contributed by atoms with Crippen LogP contribution in [0.1, 0.15) is 26.7 Å². The lowest BCUT2D eigenvalue weighted by Gasteiger charge is -2.10. The third-order valence-corrected chi connectivity index (χ3v) is 4.38. The van der Waals surface area contributed by atoms with Crippen molar-refractivity contribution in [2.45, 2.75) is 32.7 Å². The Balaban J connectivity index is 3.53. The van der Waals surface area contributed by atoms with Gasteiger partial charge in [-0.15, -0.1) is 0 Å². The largest absolute Gasteiger partial charge is 0.354 e. The molecule has 0 spiro atoms. The summed E-state index contributed by atoms with van der Waals surface area (Å²) in [5.74, 6) is 1.58. The van der Waals surface area contributed by atoms with E-state index in [-0.39, 0.29) is 11.7 Å². The van der Waals surface area contributed by atoms with Crippen LogP contribution in [0.4, 0.5) is 0 Å². The minimum absolute atomic E-state index is 0.0711. The van der Waals surface area contributed by atoms with E-state index < -0.39 is 6.04 Å². The number of carbonyl (C=O) groups excluding carboxylic acids is 2. The molecule has 0 bridgehead atoms. The number of Topliss-reactive ketones (excluding diaryl/α,β-unsaturated/α-hetero) is 1. The lowest BCUT2D eigenvalue weighted by atomic mass is 10.3. The second-order valence-electron chi connectivity index (χ2n) is 3.46. The quantitative estimate of drug-likeness (QED) is 0.483. The Morgan fingerprint density at radius 2 is 2.06 bits per heavy atom. The number of hydrogen-bond donors (Lipinski definition) is 2. The fourth-order valence-corrected chi connectivity index (χ4v) is 3.09. The minimum Gasteiger partial charge on any atom is -0.354 e. The average Bonchev–Trinajstić information content (AvgIpc) is 2.23. The Morgan fingerprint density at radius 1 is 1.38 bits per heavy atom. The van der Waals surface area contributed by atoms with E-state index in [4.69, 9.17) is 5.73 Å². The van der Waals surface area contributed by atoms with Crippen LogP contribution < -0.4 is 11.1 Å². The first-order valence-electron chi connectivity index (χ1n) is 5.35. The van der Waals surface area contributed by atoms with Gasteiger partial charge in [0.1, 0.15) is 5.78 Å². The summed E-state index contributed by atoms with van der Waals surface area (Å²) in [4.78, 5) is 22.1. The summed E-state index contributed by atoms with van der Waals surface area (Å²) in [7, 11) is 3.35. The van der Waals surface area contributed by atoms with Crippen molar-refractivity contribution in [3.63, 3.8) is 0 Å². The summed E-state index contributed by atoms with van der Waals surface area (Å²) < 4.78 is 0. The maximum Gasteiger partial charge on any atom is 0.237 e. The van der Waals surface area contributed by atoms with Crippen molar-refractivity contribution in [1.82, 2.24) is 5.32 Å². The number of nitrogens with one attached hydrogen (secondary N) is 1. The van der Waals surface area contributed by atoms with Gasteiger partial charge >= 0.3 is 0 Å². The molecule has 0 radical (unpaired) electrons. The van der Waals surface area contributed by atoms with Crippen LogP contribution >= 0.6 is 21.6 Å². The number of nitrogens with two attached hydrogens (primary N) is 1. The molecule has 94 valence electrons. The summed E-state index contributed by atoms with van der Waals surface area (Å²) >= 11 is 0. The van der Waals surface area contributed by atoms with E-state index in [1.165, 1.54) is 6.92 Å². The van der Waals surface area contributed by atoms with E-state index in [0.717, 1.165) is 12.2 Å². The van der Waals surface area contributed by atoms with Crippen LogP contribution in [-0.4, -0.2) is 35.8 Å². The van der Waals surface area contributed by atoms with E-state index in [1.807, 2.05) is 0 Å². The molecule has 0 heterocycles. The summed E-state index contributed by atoms with van der Waals surface area (Å²) in [5, 5.41) is 2.65. The van der Waals surface area contributed by atoms with Gasteiger partial charge in [-0.25, -0.2) is 0 Å². The molecule has 0 aliphatic carbocycles. The van der Waals surface area contributed by atoms with Gasteiger partial charge in [-0.05, 0) is 13.3 Å². The first-order valence-corrected chi connectivity index (χ1v) is 7.83. The molecule has 0 aromatic rings. The third-order valence-electron chi connectivity index (χ3n) is 1.73. The molecular weight excluding hydrogens is 244 g/mol. The van der Waals surface area contributed by atoms with Crippen molar-refractivity contribution in [1.29, 1.82) is 0 Å². The van der Waals surface area contributed by atoms with Crippen LogP contribution in [-0.2, 0) is 9.59 Å². The van der Waals surface area contributed by atoms with Gasteiger partial charge in [0, 0.05) is 24.5 Å². The zero-order valence-electron chi connectivity index (χ0n) is 9.82. The van der Waals surface area contributed by atoms with Crippen LogP contribution in [0, 0.1) is 0 Å². The lowest BCUT2D eigenvalue weighted by molar-refractivity contribution is -0.122. The smallest absolute Gasteiger partial charge is 0.237 e. The second-order valence-corrected chi connectivity index (χ2v) is 6.08. The van der Waals surface area contributed by atoms with E-state index in [0.29, 0.717) is 18.7 Å². The van der Waals surface area contributed by atoms with Crippen LogP contribution in [0.25, 0.3) is 0 Å². The molecule has 0 aromatic carbocycles. The predicted molar refractivity (Wildman–Crippen MR) is 71.5 cm³/mol. The van der Waals surface area contributed by atoms with Gasteiger partial charge in [0.2, 0.25) is 5.91 Å². The fourth-order valence-electron chi connectivity index (χ4n) is 0.832. The molecule has 16 heavy (non-hydrogen) atoms. The second kappa shape index (κ2) is 9.99. The van der Waals surface area contributed by atoms with Gasteiger partial charge < -0.3 is 11.1 Å². The Bertz CT molecular complexity index is 225. The van der Waals surface area contributed by atoms with Gasteiger partial charge in [-0.2, -0.15) is 0 Å². The number of hydrogen-bond acceptors (Lipinski definition) is 5. The minimum atomic E-state index is -0.485. The summed E-state index contributed by atoms with van der Waals surface area (Å²) in [6, 6.07) is -0.485. The van der Waals surface area contributed by atoms with Gasteiger partial charge in [0.05, 0.1) is 6.04 Å². The van der Waals surface area contributed by atoms with Gasteiger partial charge in [0.15, 0.2) is 0 Å². The van der Waals surface area contributed by atoms with Crippen LogP contribution in [0.5, 0.6) is 0 Å². The molecule has 0 aliphatic heterocycles. The highest BCUT2D eigenvalue weighted by atomic mass is 33.1. The highest BCUT2D eigenvalue weighted by Gasteiger charge is 2.12. The van der Waals surface area contributed by atoms with Gasteiger partial charge in [-0.3, -0.25) is 9.59 Å². The molecule has 0 rings (SSSR count). The summed E-state index contributed by atoms with van der Waals surface area (Å²) in [5.41, 5.74) is 5.69. The Labute approximate surface area is 105 Å². The van der Waals surface area contributed by atoms with E-state index >= 15 is 0 Å². The molecule has 0 aromatic heterocycles. The molecule has 0 aliphatic rings. The van der Waals surface area contributed by atoms with Gasteiger partial charge in [0.25, 0.3) is 0 Å². The molecule has 6 heteroatoms. The number of carbonyl (C=O) groups is 2. The molecule has 4 nitrogen and oxygen atoms in total. The highest BCUT2D eigenvalue weighted by Crippen LogP contribution is 2.21. The number of amides is 1. The Kier molecular flexibility index (Phi) is 9.86. The maximum atomic E-state index is 11.4. The SMILES string of the molecule is CCCSSCC(N)C(=O)NCCC(C)=O. The first-order chi connectivity index (χ1) is 7.57. The Morgan fingerprint density at radius 3 is 2.62 bits per heavy atom. The fraction of sp³-hybridized carbons (Fsp3) is 0.800. The van der Waals surface area contributed by atoms with Crippen molar-refractivity contribution in [3.05, 3.63) is 0 Å². The summed E-state index contributed by atoms with van der Waals surface area (Å²) in [6.45, 7) is 4.00. The van der Waals surface area contributed by atoms with Crippen molar-refractivity contribution < 1.29 is 9.59 Å². The van der Waals surface area contributed by atoms with Crippen LogP contribution in [0.15, 0.2) is 0 Å². The predicted octanol–water partition coefficient (Wildman–Crippen LogP) is 1.20. The Hall–Kier alpha value is -0.200. The molecule has 1 atom stereocenters. The van der Waals surface area contributed by atoms with E-state index in [2.05, 4.69) is 12.2 Å². The number of rotatable bonds is 9. The van der Waals surface area contributed by atoms with Crippen molar-refractivity contribution in [2.24, 2.45) is 5.73 Å². The van der Waals surface area contributed by atoms with E-state index in [9.17, 15) is 9.59 Å². The lowest BCUT2D eigenvalue weighted by Crippen LogP contribution is -2.42. The zero-order valence-corrected chi connectivity index (χ0v) is 11.5. The van der Waals surface area contributed by atoms with Gasteiger partial charge in [-0.1, -0.05) is 28.5 Å². The molecule has 0 saturated carbocycles. The normalized spacial score (nSPS) is 12.2. The average molecular weight is 264 g/mol. The molecule has 1 amide bonds. The van der Waals surface area contributed by atoms with Crippen molar-refractivity contribution in [3.8, 4) is 0 Å². The van der Waals surface area contributed by atoms with Crippen LogP contribution in [0.3, 0.4) is 0 Å². The number of ketones is 1. The molecular formula is C10H20N2O2S2. The van der Waals surface area contributed by atoms with Crippen LogP contribution in [0.2, 0.25) is 0 Å². The first kappa shape index (κ1) is 15.8. The molecule has 3 N–H and O–H groups in total. The molecule has 0 saturated heterocycles. The standard InChI is InChI=1S/C10H20N2O2S2/c1-3-6-15-16-7-9(11)10(14)12-5-4-8(2)13/h9H,3-7,11H2,1-2H3,(H,12,14). The molecule has 0 fully saturated rings. The summed E-state index contributed by atoms with van der Waals surface area (Å²) in [6.07, 6.45) is 1.49. The van der Waals surface area contributed by atoms with Crippen molar-refractivity contribution >= 4 is 33.3 Å². The third kappa shape index (κ3) is 9.06. The van der Waals surface area contributed by atoms with E-state index in [1.54, 1.807) is 21.6 Å². The zero-order chi connectivity index (χ0) is 12.4. The topological polar surface area (TPSA) is 72.2 Å². The molecule has 1 unspecified atom stereocenters. The monoisotopic (exact) mass is 264 g/mol. The highest BCUT2D eigenvalue weighted by molar-refractivity contribution is 8.76. The maximum absolute atomic E-state index is 11.4.